The second kappa shape index (κ2) is 8.74. The van der Waals surface area contributed by atoms with Gasteiger partial charge in [-0.3, -0.25) is 4.79 Å². The molecule has 0 fully saturated rings. The molecule has 0 saturated heterocycles. The Labute approximate surface area is 133 Å². The Morgan fingerprint density at radius 2 is 1.82 bits per heavy atom. The zero-order valence-corrected chi connectivity index (χ0v) is 13.9. The molecular weight excluding hydrogens is 276 g/mol. The molecule has 0 spiro atoms. The summed E-state index contributed by atoms with van der Waals surface area (Å²) in [6.07, 6.45) is 6.07. The maximum atomic E-state index is 11.4. The molecule has 0 aliphatic rings. The van der Waals surface area contributed by atoms with E-state index in [-0.39, 0.29) is 0 Å². The van der Waals surface area contributed by atoms with Gasteiger partial charge in [0, 0.05) is 0 Å². The molecule has 3 heteroatoms. The number of aliphatic hydroxyl groups is 1. The smallest absolute Gasteiger partial charge is 0.312 e. The third-order valence-corrected chi connectivity index (χ3v) is 4.06. The van der Waals surface area contributed by atoms with Crippen LogP contribution in [0.2, 0.25) is 0 Å². The summed E-state index contributed by atoms with van der Waals surface area (Å²) in [5.74, 6) is -0.979. The van der Waals surface area contributed by atoms with Gasteiger partial charge in [0.25, 0.3) is 0 Å². The van der Waals surface area contributed by atoms with Crippen molar-refractivity contribution < 1.29 is 15.0 Å². The molecule has 2 N–H and O–H groups in total. The van der Waals surface area contributed by atoms with Crippen LogP contribution in [0.15, 0.2) is 35.9 Å². The summed E-state index contributed by atoms with van der Waals surface area (Å²) in [4.78, 5) is 11.4. The van der Waals surface area contributed by atoms with Crippen molar-refractivity contribution in [2.45, 2.75) is 59.0 Å². The minimum Gasteiger partial charge on any atom is -0.481 e. The summed E-state index contributed by atoms with van der Waals surface area (Å²) in [7, 11) is 0. The largest absolute Gasteiger partial charge is 0.481 e. The predicted molar refractivity (Wildman–Crippen MR) is 90.6 cm³/mol. The number of carboxylic acids is 1. The molecular formula is C19H28O3. The lowest BCUT2D eigenvalue weighted by atomic mass is 9.80. The molecule has 1 aromatic carbocycles. The van der Waals surface area contributed by atoms with Gasteiger partial charge in [-0.15, -0.1) is 0 Å². The van der Waals surface area contributed by atoms with E-state index in [0.29, 0.717) is 0 Å². The molecule has 1 unspecified atom stereocenters. The number of unbranched alkanes of at least 4 members (excludes halogenated alkanes) is 3. The van der Waals surface area contributed by atoms with E-state index in [1.165, 1.54) is 0 Å². The molecule has 0 heterocycles. The molecule has 1 rings (SSSR count). The van der Waals surface area contributed by atoms with E-state index in [1.54, 1.807) is 13.8 Å². The van der Waals surface area contributed by atoms with Gasteiger partial charge >= 0.3 is 5.97 Å². The fourth-order valence-corrected chi connectivity index (χ4v) is 2.39. The SMILES string of the molecule is CCCCCCC(=Cc1ccccc1)C(O)C(C)(C)C(=O)O. The van der Waals surface area contributed by atoms with E-state index < -0.39 is 17.5 Å². The molecule has 0 aromatic heterocycles. The second-order valence-corrected chi connectivity index (χ2v) is 6.37. The second-order valence-electron chi connectivity index (χ2n) is 6.37. The van der Waals surface area contributed by atoms with Crippen molar-refractivity contribution in [3.63, 3.8) is 0 Å². The third kappa shape index (κ3) is 5.30. The van der Waals surface area contributed by atoms with Crippen LogP contribution >= 0.6 is 0 Å². The van der Waals surface area contributed by atoms with Gasteiger partial charge in [-0.2, -0.15) is 0 Å². The lowest BCUT2D eigenvalue weighted by Crippen LogP contribution is -2.38. The lowest BCUT2D eigenvalue weighted by molar-refractivity contribution is -0.151. The Balaban J connectivity index is 2.95. The van der Waals surface area contributed by atoms with Gasteiger partial charge in [0.1, 0.15) is 0 Å². The van der Waals surface area contributed by atoms with E-state index in [2.05, 4.69) is 6.92 Å². The van der Waals surface area contributed by atoms with Gasteiger partial charge in [0.2, 0.25) is 0 Å². The molecule has 0 amide bonds. The fourth-order valence-electron chi connectivity index (χ4n) is 2.39. The Morgan fingerprint density at radius 3 is 2.36 bits per heavy atom. The number of carboxylic acid groups (broad SMARTS) is 1. The molecule has 0 radical (unpaired) electrons. The monoisotopic (exact) mass is 304 g/mol. The standard InChI is InChI=1S/C19H28O3/c1-4-5-6-10-13-16(14-15-11-8-7-9-12-15)17(20)19(2,3)18(21)22/h7-9,11-12,14,17,20H,4-6,10,13H2,1-3H3,(H,21,22). The summed E-state index contributed by atoms with van der Waals surface area (Å²) in [6, 6.07) is 9.75. The average molecular weight is 304 g/mol. The number of aliphatic hydroxyl groups excluding tert-OH is 1. The fraction of sp³-hybridized carbons (Fsp3) is 0.526. The molecule has 0 saturated carbocycles. The molecule has 22 heavy (non-hydrogen) atoms. The van der Waals surface area contributed by atoms with E-state index in [4.69, 9.17) is 0 Å². The number of benzene rings is 1. The van der Waals surface area contributed by atoms with Gasteiger partial charge < -0.3 is 10.2 Å². The van der Waals surface area contributed by atoms with Gasteiger partial charge in [-0.05, 0) is 37.8 Å². The van der Waals surface area contributed by atoms with Gasteiger partial charge in [-0.25, -0.2) is 0 Å². The van der Waals surface area contributed by atoms with Crippen LogP contribution in [0.5, 0.6) is 0 Å². The van der Waals surface area contributed by atoms with Crippen LogP contribution in [-0.4, -0.2) is 22.3 Å². The summed E-state index contributed by atoms with van der Waals surface area (Å²) in [5.41, 5.74) is 0.605. The Bertz CT molecular complexity index is 489. The molecule has 0 bridgehead atoms. The van der Waals surface area contributed by atoms with Crippen molar-refractivity contribution in [3.8, 4) is 0 Å². The number of hydrogen-bond acceptors (Lipinski definition) is 2. The maximum Gasteiger partial charge on any atom is 0.312 e. The number of hydrogen-bond donors (Lipinski definition) is 2. The van der Waals surface area contributed by atoms with E-state index in [0.717, 1.165) is 43.2 Å². The summed E-state index contributed by atoms with van der Waals surface area (Å²) < 4.78 is 0. The van der Waals surface area contributed by atoms with E-state index in [9.17, 15) is 15.0 Å². The van der Waals surface area contributed by atoms with Crippen molar-refractivity contribution in [1.82, 2.24) is 0 Å². The highest BCUT2D eigenvalue weighted by molar-refractivity contribution is 5.75. The first-order chi connectivity index (χ1) is 10.4. The van der Waals surface area contributed by atoms with Crippen molar-refractivity contribution in [1.29, 1.82) is 0 Å². The van der Waals surface area contributed by atoms with Crippen molar-refractivity contribution in [3.05, 3.63) is 41.5 Å². The van der Waals surface area contributed by atoms with E-state index in [1.807, 2.05) is 36.4 Å². The minimum atomic E-state index is -1.19. The topological polar surface area (TPSA) is 57.5 Å². The van der Waals surface area contributed by atoms with Crippen LogP contribution in [0.25, 0.3) is 6.08 Å². The maximum absolute atomic E-state index is 11.4. The van der Waals surface area contributed by atoms with Crippen LogP contribution in [0.3, 0.4) is 0 Å². The van der Waals surface area contributed by atoms with Gasteiger partial charge in [0.15, 0.2) is 0 Å². The Kier molecular flexibility index (Phi) is 7.33. The van der Waals surface area contributed by atoms with Crippen LogP contribution in [-0.2, 0) is 4.79 Å². The molecule has 1 aromatic rings. The minimum absolute atomic E-state index is 0.729. The quantitative estimate of drug-likeness (QED) is 0.660. The Morgan fingerprint density at radius 1 is 1.18 bits per heavy atom. The zero-order valence-electron chi connectivity index (χ0n) is 13.9. The zero-order chi connectivity index (χ0) is 16.6. The first kappa shape index (κ1) is 18.4. The molecule has 0 aliphatic carbocycles. The average Bonchev–Trinajstić information content (AvgIpc) is 2.50. The normalized spacial score (nSPS) is 13.9. The van der Waals surface area contributed by atoms with Crippen LogP contribution in [0.4, 0.5) is 0 Å². The van der Waals surface area contributed by atoms with E-state index >= 15 is 0 Å². The highest BCUT2D eigenvalue weighted by atomic mass is 16.4. The van der Waals surface area contributed by atoms with Crippen LogP contribution in [0.1, 0.15) is 58.4 Å². The van der Waals surface area contributed by atoms with Gasteiger partial charge in [0.05, 0.1) is 11.5 Å². The molecule has 3 nitrogen and oxygen atoms in total. The number of aliphatic carboxylic acids is 1. The molecule has 0 aliphatic heterocycles. The lowest BCUT2D eigenvalue weighted by Gasteiger charge is -2.28. The van der Waals surface area contributed by atoms with Crippen molar-refractivity contribution in [2.24, 2.45) is 5.41 Å². The Hall–Kier alpha value is -1.61. The summed E-state index contributed by atoms with van der Waals surface area (Å²) in [6.45, 7) is 5.30. The summed E-state index contributed by atoms with van der Waals surface area (Å²) in [5, 5.41) is 19.9. The highest BCUT2D eigenvalue weighted by Crippen LogP contribution is 2.30. The number of rotatable bonds is 9. The number of carbonyl (C=O) groups is 1. The first-order valence-electron chi connectivity index (χ1n) is 8.06. The molecule has 1 atom stereocenters. The predicted octanol–water partition coefficient (Wildman–Crippen LogP) is 4.51. The van der Waals surface area contributed by atoms with Crippen molar-refractivity contribution >= 4 is 12.0 Å². The van der Waals surface area contributed by atoms with Crippen LogP contribution in [0, 0.1) is 5.41 Å². The van der Waals surface area contributed by atoms with Crippen molar-refractivity contribution in [2.75, 3.05) is 0 Å². The van der Waals surface area contributed by atoms with Crippen LogP contribution < -0.4 is 0 Å². The highest BCUT2D eigenvalue weighted by Gasteiger charge is 2.37. The summed E-state index contributed by atoms with van der Waals surface area (Å²) >= 11 is 0. The van der Waals surface area contributed by atoms with Gasteiger partial charge in [-0.1, -0.05) is 62.6 Å². The third-order valence-electron chi connectivity index (χ3n) is 4.06. The first-order valence-corrected chi connectivity index (χ1v) is 8.06. The molecule has 122 valence electrons.